The monoisotopic (exact) mass is 344 g/mol. The fourth-order valence-electron chi connectivity index (χ4n) is 3.40. The molecule has 25 heavy (non-hydrogen) atoms. The van der Waals surface area contributed by atoms with Crippen LogP contribution < -0.4 is 10.5 Å². The molecule has 132 valence electrons. The van der Waals surface area contributed by atoms with Crippen molar-refractivity contribution in [1.29, 1.82) is 0 Å². The van der Waals surface area contributed by atoms with Crippen LogP contribution >= 0.6 is 0 Å². The van der Waals surface area contributed by atoms with E-state index >= 15 is 0 Å². The Morgan fingerprint density at radius 1 is 1.20 bits per heavy atom. The molecule has 0 aliphatic carbocycles. The van der Waals surface area contributed by atoms with E-state index < -0.39 is 5.91 Å². The zero-order chi connectivity index (χ0) is 17.4. The molecule has 0 radical (unpaired) electrons. The van der Waals surface area contributed by atoms with Gasteiger partial charge in [-0.1, -0.05) is 0 Å². The molecule has 1 saturated heterocycles. The number of carbonyl (C=O) groups is 2. The number of H-pyrrole nitrogens is 1. The molecule has 1 fully saturated rings. The van der Waals surface area contributed by atoms with Crippen LogP contribution in [0.1, 0.15) is 51.9 Å². The molecule has 2 aliphatic heterocycles. The van der Waals surface area contributed by atoms with Crippen LogP contribution in [-0.2, 0) is 6.54 Å². The Morgan fingerprint density at radius 3 is 2.68 bits per heavy atom. The van der Waals surface area contributed by atoms with Gasteiger partial charge in [0.2, 0.25) is 5.88 Å². The first-order valence-corrected chi connectivity index (χ1v) is 8.47. The second-order valence-corrected chi connectivity index (χ2v) is 6.43. The number of piperidine rings is 1. The second-order valence-electron chi connectivity index (χ2n) is 6.43. The van der Waals surface area contributed by atoms with Crippen molar-refractivity contribution in [2.24, 2.45) is 5.73 Å². The molecule has 0 aromatic carbocycles. The SMILES string of the molecule is NC(=O)c1cc(C2CCN(C(=O)c3cc4n(n3)CCCO4)CC2)[nH]n1. The third-order valence-corrected chi connectivity index (χ3v) is 4.80. The summed E-state index contributed by atoms with van der Waals surface area (Å²) in [4.78, 5) is 25.6. The Bertz CT molecular complexity index is 779. The summed E-state index contributed by atoms with van der Waals surface area (Å²) in [5, 5.41) is 11.2. The highest BCUT2D eigenvalue weighted by molar-refractivity contribution is 5.92. The Kier molecular flexibility index (Phi) is 3.90. The molecule has 4 heterocycles. The predicted molar refractivity (Wildman–Crippen MR) is 87.3 cm³/mol. The van der Waals surface area contributed by atoms with Gasteiger partial charge in [0.25, 0.3) is 11.8 Å². The molecule has 2 aromatic heterocycles. The Hall–Kier alpha value is -2.84. The van der Waals surface area contributed by atoms with Gasteiger partial charge in [-0.25, -0.2) is 4.68 Å². The first-order valence-electron chi connectivity index (χ1n) is 8.47. The molecule has 2 aliphatic rings. The molecule has 9 heteroatoms. The zero-order valence-corrected chi connectivity index (χ0v) is 13.8. The summed E-state index contributed by atoms with van der Waals surface area (Å²) in [6, 6.07) is 3.42. The quantitative estimate of drug-likeness (QED) is 0.841. The molecule has 0 spiro atoms. The van der Waals surface area contributed by atoms with E-state index in [1.54, 1.807) is 16.8 Å². The molecule has 2 amide bonds. The van der Waals surface area contributed by atoms with Gasteiger partial charge in [0.05, 0.1) is 6.61 Å². The summed E-state index contributed by atoms with van der Waals surface area (Å²) in [5.74, 6) is 0.302. The Morgan fingerprint density at radius 2 is 2.00 bits per heavy atom. The smallest absolute Gasteiger partial charge is 0.274 e. The summed E-state index contributed by atoms with van der Waals surface area (Å²) in [6.45, 7) is 2.73. The summed E-state index contributed by atoms with van der Waals surface area (Å²) in [6.07, 6.45) is 2.51. The van der Waals surface area contributed by atoms with Crippen LogP contribution in [0.3, 0.4) is 0 Å². The van der Waals surface area contributed by atoms with Gasteiger partial charge >= 0.3 is 0 Å². The number of aryl methyl sites for hydroxylation is 1. The maximum Gasteiger partial charge on any atom is 0.274 e. The highest BCUT2D eigenvalue weighted by Gasteiger charge is 2.28. The van der Waals surface area contributed by atoms with Crippen molar-refractivity contribution in [3.63, 3.8) is 0 Å². The Labute approximate surface area is 144 Å². The summed E-state index contributed by atoms with van der Waals surface area (Å²) in [5.41, 5.74) is 6.81. The summed E-state index contributed by atoms with van der Waals surface area (Å²) < 4.78 is 7.27. The molecule has 4 rings (SSSR count). The van der Waals surface area contributed by atoms with E-state index in [0.29, 0.717) is 31.3 Å². The molecular weight excluding hydrogens is 324 g/mol. The van der Waals surface area contributed by atoms with Gasteiger partial charge in [-0.3, -0.25) is 14.7 Å². The van der Waals surface area contributed by atoms with E-state index in [-0.39, 0.29) is 17.5 Å². The molecule has 0 unspecified atom stereocenters. The van der Waals surface area contributed by atoms with Gasteiger partial charge in [0.15, 0.2) is 5.69 Å². The number of ether oxygens (including phenoxy) is 1. The summed E-state index contributed by atoms with van der Waals surface area (Å²) in [7, 11) is 0. The minimum atomic E-state index is -0.541. The van der Waals surface area contributed by atoms with Crippen LogP contribution in [0.2, 0.25) is 0 Å². The van der Waals surface area contributed by atoms with Crippen molar-refractivity contribution in [2.45, 2.75) is 31.7 Å². The normalized spacial score (nSPS) is 17.8. The van der Waals surface area contributed by atoms with Crippen LogP contribution in [0.15, 0.2) is 12.1 Å². The molecule has 2 aromatic rings. The number of aromatic nitrogens is 4. The fraction of sp³-hybridized carbons (Fsp3) is 0.500. The summed E-state index contributed by atoms with van der Waals surface area (Å²) >= 11 is 0. The second kappa shape index (κ2) is 6.23. The molecular formula is C16H20N6O3. The lowest BCUT2D eigenvalue weighted by Gasteiger charge is -2.30. The minimum absolute atomic E-state index is 0.0635. The van der Waals surface area contributed by atoms with Gasteiger partial charge < -0.3 is 15.4 Å². The molecule has 0 atom stereocenters. The van der Waals surface area contributed by atoms with Crippen LogP contribution in [0, 0.1) is 0 Å². The number of amides is 2. The van der Waals surface area contributed by atoms with Crippen molar-refractivity contribution in [3.8, 4) is 5.88 Å². The van der Waals surface area contributed by atoms with E-state index in [4.69, 9.17) is 10.5 Å². The average Bonchev–Trinajstić information content (AvgIpc) is 3.28. The van der Waals surface area contributed by atoms with E-state index in [1.807, 2.05) is 4.90 Å². The number of fused-ring (bicyclic) bond motifs is 1. The number of rotatable bonds is 3. The van der Waals surface area contributed by atoms with Crippen LogP contribution in [0.5, 0.6) is 5.88 Å². The van der Waals surface area contributed by atoms with Crippen LogP contribution in [0.25, 0.3) is 0 Å². The Balaban J connectivity index is 1.40. The molecule has 0 saturated carbocycles. The van der Waals surface area contributed by atoms with Crippen molar-refractivity contribution in [1.82, 2.24) is 24.9 Å². The standard InChI is InChI=1S/C16H20N6O3/c17-15(23)12-8-11(18-19-12)10-2-5-21(6-3-10)16(24)13-9-14-22(20-13)4-1-7-25-14/h8-10H,1-7H2,(H2,17,23)(H,18,19). The molecule has 9 nitrogen and oxygen atoms in total. The third-order valence-electron chi connectivity index (χ3n) is 4.80. The first kappa shape index (κ1) is 15.7. The average molecular weight is 344 g/mol. The molecule has 0 bridgehead atoms. The number of carbonyl (C=O) groups excluding carboxylic acids is 2. The van der Waals surface area contributed by atoms with Gasteiger partial charge in [-0.05, 0) is 18.9 Å². The lowest BCUT2D eigenvalue weighted by Crippen LogP contribution is -2.38. The number of hydrogen-bond donors (Lipinski definition) is 2. The van der Waals surface area contributed by atoms with E-state index in [1.165, 1.54) is 0 Å². The number of nitrogens with two attached hydrogens (primary N) is 1. The predicted octanol–water partition coefficient (Wildman–Crippen LogP) is 0.507. The van der Waals surface area contributed by atoms with Gasteiger partial charge in [0.1, 0.15) is 5.69 Å². The number of aromatic amines is 1. The number of hydrogen-bond acceptors (Lipinski definition) is 5. The number of likely N-dealkylation sites (tertiary alicyclic amines) is 1. The van der Waals surface area contributed by atoms with Crippen molar-refractivity contribution in [2.75, 3.05) is 19.7 Å². The van der Waals surface area contributed by atoms with Crippen molar-refractivity contribution in [3.05, 3.63) is 29.2 Å². The lowest BCUT2D eigenvalue weighted by atomic mass is 9.93. The lowest BCUT2D eigenvalue weighted by molar-refractivity contribution is 0.0705. The van der Waals surface area contributed by atoms with Crippen molar-refractivity contribution >= 4 is 11.8 Å². The molecule has 3 N–H and O–H groups in total. The van der Waals surface area contributed by atoms with Gasteiger partial charge in [-0.2, -0.15) is 10.2 Å². The van der Waals surface area contributed by atoms with E-state index in [0.717, 1.165) is 31.5 Å². The van der Waals surface area contributed by atoms with Crippen molar-refractivity contribution < 1.29 is 14.3 Å². The van der Waals surface area contributed by atoms with E-state index in [2.05, 4.69) is 15.3 Å². The third kappa shape index (κ3) is 2.97. The van der Waals surface area contributed by atoms with Gasteiger partial charge in [-0.15, -0.1) is 0 Å². The highest BCUT2D eigenvalue weighted by Crippen LogP contribution is 2.28. The maximum absolute atomic E-state index is 12.7. The number of nitrogens with one attached hydrogen (secondary N) is 1. The fourth-order valence-corrected chi connectivity index (χ4v) is 3.40. The highest BCUT2D eigenvalue weighted by atomic mass is 16.5. The first-order chi connectivity index (χ1) is 12.1. The topological polar surface area (TPSA) is 119 Å². The number of nitrogens with zero attached hydrogens (tertiary/aromatic N) is 4. The van der Waals surface area contributed by atoms with Crippen LogP contribution in [0.4, 0.5) is 0 Å². The zero-order valence-electron chi connectivity index (χ0n) is 13.8. The minimum Gasteiger partial charge on any atom is -0.478 e. The van der Waals surface area contributed by atoms with Crippen LogP contribution in [-0.4, -0.2) is 56.4 Å². The maximum atomic E-state index is 12.7. The largest absolute Gasteiger partial charge is 0.478 e. The number of primary amides is 1. The van der Waals surface area contributed by atoms with Gasteiger partial charge in [0, 0.05) is 43.7 Å². The van der Waals surface area contributed by atoms with E-state index in [9.17, 15) is 9.59 Å².